The van der Waals surface area contributed by atoms with Crippen molar-refractivity contribution in [2.75, 3.05) is 5.32 Å². The normalized spacial score (nSPS) is 10.7. The van der Waals surface area contributed by atoms with Crippen molar-refractivity contribution in [1.82, 2.24) is 9.78 Å². The molecule has 0 saturated heterocycles. The van der Waals surface area contributed by atoms with E-state index < -0.39 is 0 Å². The van der Waals surface area contributed by atoms with E-state index in [0.717, 1.165) is 22.6 Å². The van der Waals surface area contributed by atoms with Crippen LogP contribution in [-0.4, -0.2) is 15.7 Å². The third-order valence-electron chi connectivity index (χ3n) is 3.28. The first-order chi connectivity index (χ1) is 9.92. The smallest absolute Gasteiger partial charge is 0.224 e. The van der Waals surface area contributed by atoms with Gasteiger partial charge in [0.1, 0.15) is 0 Å². The maximum atomic E-state index is 11.6. The van der Waals surface area contributed by atoms with Gasteiger partial charge in [-0.2, -0.15) is 5.10 Å². The van der Waals surface area contributed by atoms with Gasteiger partial charge in [-0.1, -0.05) is 36.2 Å². The SMILES string of the molecule is CCC(=O)Nc1c(C)nn(Cc2ccc(Cl)c(Cl)c2)c1C. The molecule has 112 valence electrons. The highest BCUT2D eigenvalue weighted by Crippen LogP contribution is 2.25. The highest BCUT2D eigenvalue weighted by atomic mass is 35.5. The minimum absolute atomic E-state index is 0.0183. The average molecular weight is 326 g/mol. The van der Waals surface area contributed by atoms with Crippen LogP contribution >= 0.6 is 23.2 Å². The summed E-state index contributed by atoms with van der Waals surface area (Å²) in [6.45, 7) is 6.21. The fraction of sp³-hybridized carbons (Fsp3) is 0.333. The molecular weight excluding hydrogens is 309 g/mol. The number of nitrogens with one attached hydrogen (secondary N) is 1. The van der Waals surface area contributed by atoms with Gasteiger partial charge in [-0.05, 0) is 31.5 Å². The highest BCUT2D eigenvalue weighted by Gasteiger charge is 2.13. The summed E-state index contributed by atoms with van der Waals surface area (Å²) in [6, 6.07) is 5.50. The van der Waals surface area contributed by atoms with Crippen LogP contribution in [0, 0.1) is 13.8 Å². The molecule has 1 N–H and O–H groups in total. The molecule has 0 fully saturated rings. The van der Waals surface area contributed by atoms with Crippen LogP contribution in [0.25, 0.3) is 0 Å². The second-order valence-electron chi connectivity index (χ2n) is 4.85. The van der Waals surface area contributed by atoms with E-state index in [2.05, 4.69) is 10.4 Å². The van der Waals surface area contributed by atoms with Gasteiger partial charge in [0.2, 0.25) is 5.91 Å². The van der Waals surface area contributed by atoms with Crippen LogP contribution in [0.15, 0.2) is 18.2 Å². The second kappa shape index (κ2) is 6.50. The van der Waals surface area contributed by atoms with Gasteiger partial charge in [0.25, 0.3) is 0 Å². The van der Waals surface area contributed by atoms with Crippen LogP contribution in [0.4, 0.5) is 5.69 Å². The summed E-state index contributed by atoms with van der Waals surface area (Å²) in [6.07, 6.45) is 0.441. The fourth-order valence-corrected chi connectivity index (χ4v) is 2.39. The Bertz CT molecular complexity index is 680. The molecule has 2 aromatic rings. The van der Waals surface area contributed by atoms with Gasteiger partial charge in [-0.3, -0.25) is 9.48 Å². The molecule has 0 aliphatic carbocycles. The monoisotopic (exact) mass is 325 g/mol. The van der Waals surface area contributed by atoms with Crippen molar-refractivity contribution < 1.29 is 4.79 Å². The Labute approximate surface area is 134 Å². The third kappa shape index (κ3) is 3.57. The van der Waals surface area contributed by atoms with Gasteiger partial charge >= 0.3 is 0 Å². The molecule has 1 amide bonds. The van der Waals surface area contributed by atoms with Gasteiger partial charge in [-0.25, -0.2) is 0 Å². The largest absolute Gasteiger partial charge is 0.323 e. The quantitative estimate of drug-likeness (QED) is 0.915. The first kappa shape index (κ1) is 15.9. The fourth-order valence-electron chi connectivity index (χ4n) is 2.07. The average Bonchev–Trinajstić information content (AvgIpc) is 2.70. The minimum Gasteiger partial charge on any atom is -0.323 e. The Morgan fingerprint density at radius 2 is 2.00 bits per heavy atom. The molecule has 0 atom stereocenters. The molecule has 0 spiro atoms. The van der Waals surface area contributed by atoms with Crippen LogP contribution in [0.3, 0.4) is 0 Å². The number of aryl methyl sites for hydroxylation is 1. The maximum absolute atomic E-state index is 11.6. The van der Waals surface area contributed by atoms with Gasteiger partial charge in [0.05, 0.1) is 33.7 Å². The van der Waals surface area contributed by atoms with Crippen LogP contribution in [0.2, 0.25) is 10.0 Å². The predicted molar refractivity (Wildman–Crippen MR) is 86.2 cm³/mol. The van der Waals surface area contributed by atoms with E-state index in [4.69, 9.17) is 23.2 Å². The van der Waals surface area contributed by atoms with Crippen LogP contribution in [0.1, 0.15) is 30.3 Å². The first-order valence-corrected chi connectivity index (χ1v) is 7.45. The molecule has 1 heterocycles. The Hall–Kier alpha value is -1.52. The number of anilines is 1. The number of benzene rings is 1. The Kier molecular flexibility index (Phi) is 4.91. The summed E-state index contributed by atoms with van der Waals surface area (Å²) in [5, 5.41) is 8.41. The lowest BCUT2D eigenvalue weighted by molar-refractivity contribution is -0.115. The maximum Gasteiger partial charge on any atom is 0.224 e. The van der Waals surface area contributed by atoms with Gasteiger partial charge < -0.3 is 5.32 Å². The number of amides is 1. The molecule has 0 aliphatic heterocycles. The molecule has 0 radical (unpaired) electrons. The second-order valence-corrected chi connectivity index (χ2v) is 5.67. The molecule has 2 rings (SSSR count). The molecule has 4 nitrogen and oxygen atoms in total. The van der Waals surface area contributed by atoms with Crippen molar-refractivity contribution in [3.8, 4) is 0 Å². The summed E-state index contributed by atoms with van der Waals surface area (Å²) < 4.78 is 1.85. The van der Waals surface area contributed by atoms with Crippen LogP contribution < -0.4 is 5.32 Å². The van der Waals surface area contributed by atoms with Crippen molar-refractivity contribution in [1.29, 1.82) is 0 Å². The number of hydrogen-bond acceptors (Lipinski definition) is 2. The molecule has 1 aromatic heterocycles. The Balaban J connectivity index is 2.26. The zero-order chi connectivity index (χ0) is 15.6. The summed E-state index contributed by atoms with van der Waals surface area (Å²) in [7, 11) is 0. The lowest BCUT2D eigenvalue weighted by atomic mass is 10.2. The van der Waals surface area contributed by atoms with Gasteiger partial charge in [0, 0.05) is 6.42 Å². The predicted octanol–water partition coefficient (Wildman–Crippen LogP) is 4.20. The van der Waals surface area contributed by atoms with Crippen LogP contribution in [-0.2, 0) is 11.3 Å². The van der Waals surface area contributed by atoms with Crippen molar-refractivity contribution >= 4 is 34.8 Å². The third-order valence-corrected chi connectivity index (χ3v) is 4.02. The zero-order valence-corrected chi connectivity index (χ0v) is 13.7. The number of hydrogen-bond donors (Lipinski definition) is 1. The van der Waals surface area contributed by atoms with E-state index in [-0.39, 0.29) is 5.91 Å². The standard InChI is InChI=1S/C15H17Cl2N3O/c1-4-14(21)18-15-9(2)19-20(10(15)3)8-11-5-6-12(16)13(17)7-11/h5-7H,4,8H2,1-3H3,(H,18,21). The van der Waals surface area contributed by atoms with Crippen molar-refractivity contribution in [3.05, 3.63) is 45.2 Å². The topological polar surface area (TPSA) is 46.9 Å². The van der Waals surface area contributed by atoms with Gasteiger partial charge in [0.15, 0.2) is 0 Å². The number of rotatable bonds is 4. The Morgan fingerprint density at radius 3 is 2.62 bits per heavy atom. The molecule has 1 aromatic carbocycles. The molecule has 0 bridgehead atoms. The summed E-state index contributed by atoms with van der Waals surface area (Å²) >= 11 is 11.9. The molecule has 0 aliphatic rings. The lowest BCUT2D eigenvalue weighted by Gasteiger charge is -2.07. The summed E-state index contributed by atoms with van der Waals surface area (Å²) in [5.41, 5.74) is 3.50. The van der Waals surface area contributed by atoms with Crippen LogP contribution in [0.5, 0.6) is 0 Å². The summed E-state index contributed by atoms with van der Waals surface area (Å²) in [4.78, 5) is 11.6. The molecule has 21 heavy (non-hydrogen) atoms. The van der Waals surface area contributed by atoms with Crippen molar-refractivity contribution in [2.24, 2.45) is 0 Å². The lowest BCUT2D eigenvalue weighted by Crippen LogP contribution is -2.11. The molecular formula is C15H17Cl2N3O. The molecule has 6 heteroatoms. The highest BCUT2D eigenvalue weighted by molar-refractivity contribution is 6.42. The van der Waals surface area contributed by atoms with E-state index in [0.29, 0.717) is 23.0 Å². The number of carbonyl (C=O) groups excluding carboxylic acids is 1. The number of nitrogens with zero attached hydrogens (tertiary/aromatic N) is 2. The zero-order valence-electron chi connectivity index (χ0n) is 12.2. The van der Waals surface area contributed by atoms with E-state index in [9.17, 15) is 4.79 Å². The Morgan fingerprint density at radius 1 is 1.29 bits per heavy atom. The number of aromatic nitrogens is 2. The minimum atomic E-state index is -0.0183. The first-order valence-electron chi connectivity index (χ1n) is 6.70. The number of halogens is 2. The van der Waals surface area contributed by atoms with Crippen molar-refractivity contribution in [3.63, 3.8) is 0 Å². The van der Waals surface area contributed by atoms with E-state index in [1.165, 1.54) is 0 Å². The summed E-state index contributed by atoms with van der Waals surface area (Å²) in [5.74, 6) is -0.0183. The molecule has 0 unspecified atom stereocenters. The van der Waals surface area contributed by atoms with E-state index in [1.54, 1.807) is 6.07 Å². The van der Waals surface area contributed by atoms with Crippen molar-refractivity contribution in [2.45, 2.75) is 33.7 Å². The van der Waals surface area contributed by atoms with Gasteiger partial charge in [-0.15, -0.1) is 0 Å². The van der Waals surface area contributed by atoms with E-state index >= 15 is 0 Å². The number of carbonyl (C=O) groups is 1. The van der Waals surface area contributed by atoms with E-state index in [1.807, 2.05) is 37.6 Å². The molecule has 0 saturated carbocycles.